The molecule has 5 heteroatoms. The van der Waals surface area contributed by atoms with E-state index >= 15 is 0 Å². The molecule has 1 N–H and O–H groups in total. The van der Waals surface area contributed by atoms with Gasteiger partial charge in [-0.1, -0.05) is 20.8 Å². The zero-order valence-electron chi connectivity index (χ0n) is 12.7. The van der Waals surface area contributed by atoms with E-state index in [4.69, 9.17) is 0 Å². The first-order chi connectivity index (χ1) is 9.03. The summed E-state index contributed by atoms with van der Waals surface area (Å²) in [5.74, 6) is 0. The Hall–Kier alpha value is -0.000000000000000111. The van der Waals surface area contributed by atoms with Crippen molar-refractivity contribution in [3.63, 3.8) is 0 Å². The Balaban J connectivity index is 2.65. The van der Waals surface area contributed by atoms with Crippen LogP contribution >= 0.6 is 27.7 Å². The molecule has 19 heavy (non-hydrogen) atoms. The third kappa shape index (κ3) is 3.99. The van der Waals surface area contributed by atoms with E-state index in [-0.39, 0.29) is 0 Å². The molecule has 1 aromatic rings. The average Bonchev–Trinajstić information content (AvgIpc) is 2.71. The van der Waals surface area contributed by atoms with Crippen LogP contribution in [0, 0.1) is 0 Å². The topological polar surface area (TPSA) is 29.9 Å². The predicted octanol–water partition coefficient (Wildman–Crippen LogP) is 3.76. The van der Waals surface area contributed by atoms with Gasteiger partial charge in [-0.25, -0.2) is 0 Å². The maximum atomic E-state index is 4.53. The van der Waals surface area contributed by atoms with Crippen molar-refractivity contribution in [1.82, 2.24) is 15.1 Å². The monoisotopic (exact) mass is 347 g/mol. The first kappa shape index (κ1) is 17.1. The van der Waals surface area contributed by atoms with Gasteiger partial charge in [0.2, 0.25) is 0 Å². The quantitative estimate of drug-likeness (QED) is 0.776. The lowest BCUT2D eigenvalue weighted by molar-refractivity contribution is 0.487. The lowest BCUT2D eigenvalue weighted by atomic mass is 10.0. The molecule has 0 aliphatic heterocycles. The molecular weight excluding hydrogens is 322 g/mol. The van der Waals surface area contributed by atoms with E-state index in [0.717, 1.165) is 29.7 Å². The molecule has 0 fully saturated rings. The molecule has 1 aromatic heterocycles. The number of aromatic nitrogens is 2. The van der Waals surface area contributed by atoms with Gasteiger partial charge in [0.1, 0.15) is 0 Å². The Morgan fingerprint density at radius 1 is 1.32 bits per heavy atom. The average molecular weight is 348 g/mol. The first-order valence-corrected chi connectivity index (χ1v) is 9.01. The third-order valence-corrected chi connectivity index (χ3v) is 6.47. The minimum atomic E-state index is 0.360. The van der Waals surface area contributed by atoms with Crippen LogP contribution in [0.15, 0.2) is 4.47 Å². The molecule has 0 saturated heterocycles. The van der Waals surface area contributed by atoms with Crippen molar-refractivity contribution < 1.29 is 0 Å². The van der Waals surface area contributed by atoms with Crippen molar-refractivity contribution in [2.24, 2.45) is 7.05 Å². The van der Waals surface area contributed by atoms with Gasteiger partial charge in [-0.2, -0.15) is 16.9 Å². The molecule has 110 valence electrons. The maximum Gasteiger partial charge on any atom is 0.0767 e. The summed E-state index contributed by atoms with van der Waals surface area (Å²) in [5, 5.41) is 8.13. The lowest BCUT2D eigenvalue weighted by Gasteiger charge is -2.30. The van der Waals surface area contributed by atoms with Crippen molar-refractivity contribution in [2.45, 2.75) is 51.3 Å². The molecule has 0 aliphatic rings. The molecular formula is C14H26BrN3S. The maximum absolute atomic E-state index is 4.53. The molecule has 0 aromatic carbocycles. The Labute approximate surface area is 130 Å². The second kappa shape index (κ2) is 7.70. The molecule has 0 amide bonds. The molecule has 1 heterocycles. The summed E-state index contributed by atoms with van der Waals surface area (Å²) in [4.78, 5) is 0. The van der Waals surface area contributed by atoms with Crippen LogP contribution < -0.4 is 5.32 Å². The summed E-state index contributed by atoms with van der Waals surface area (Å²) in [6.45, 7) is 8.59. The summed E-state index contributed by atoms with van der Waals surface area (Å²) in [6.07, 6.45) is 5.58. The highest BCUT2D eigenvalue weighted by Crippen LogP contribution is 2.30. The molecule has 0 atom stereocenters. The third-order valence-electron chi connectivity index (χ3n) is 3.96. The van der Waals surface area contributed by atoms with Crippen LogP contribution in [-0.2, 0) is 20.0 Å². The number of halogens is 1. The van der Waals surface area contributed by atoms with Crippen LogP contribution in [0.3, 0.4) is 0 Å². The number of aryl methyl sites for hydroxylation is 2. The minimum Gasteiger partial charge on any atom is -0.310 e. The van der Waals surface area contributed by atoms with E-state index in [2.05, 4.69) is 53.4 Å². The van der Waals surface area contributed by atoms with E-state index in [9.17, 15) is 0 Å². The summed E-state index contributed by atoms with van der Waals surface area (Å²) in [5.41, 5.74) is 2.38. The zero-order valence-corrected chi connectivity index (χ0v) is 15.1. The van der Waals surface area contributed by atoms with Gasteiger partial charge in [0.05, 0.1) is 15.9 Å². The minimum absolute atomic E-state index is 0.360. The smallest absolute Gasteiger partial charge is 0.0767 e. The van der Waals surface area contributed by atoms with Gasteiger partial charge >= 0.3 is 0 Å². The Bertz CT molecular complexity index is 391. The first-order valence-electron chi connectivity index (χ1n) is 6.99. The van der Waals surface area contributed by atoms with Gasteiger partial charge < -0.3 is 5.32 Å². The van der Waals surface area contributed by atoms with E-state index in [1.165, 1.54) is 18.5 Å². The fourth-order valence-electron chi connectivity index (χ4n) is 2.28. The molecule has 0 unspecified atom stereocenters. The van der Waals surface area contributed by atoms with Crippen molar-refractivity contribution in [1.29, 1.82) is 0 Å². The molecule has 3 nitrogen and oxygen atoms in total. The fraction of sp³-hybridized carbons (Fsp3) is 0.786. The number of rotatable bonds is 8. The molecule has 0 spiro atoms. The largest absolute Gasteiger partial charge is 0.310 e. The number of nitrogens with zero attached hydrogens (tertiary/aromatic N) is 2. The summed E-state index contributed by atoms with van der Waals surface area (Å²) in [7, 11) is 2.02. The molecule has 0 saturated carbocycles. The number of hydrogen-bond donors (Lipinski definition) is 1. The van der Waals surface area contributed by atoms with E-state index in [0.29, 0.717) is 4.75 Å². The van der Waals surface area contributed by atoms with Crippen LogP contribution in [-0.4, -0.2) is 27.3 Å². The van der Waals surface area contributed by atoms with Crippen LogP contribution in [0.25, 0.3) is 0 Å². The zero-order chi connectivity index (χ0) is 14.5. The number of hydrogen-bond acceptors (Lipinski definition) is 3. The summed E-state index contributed by atoms with van der Waals surface area (Å²) >= 11 is 5.64. The van der Waals surface area contributed by atoms with E-state index < -0.39 is 0 Å². The Kier molecular flexibility index (Phi) is 6.91. The fourth-order valence-corrected chi connectivity index (χ4v) is 3.86. The highest BCUT2D eigenvalue weighted by Gasteiger charge is 2.24. The standard InChI is InChI=1S/C14H26BrN3S/c1-6-11-13(15)12(18(4)17-11)9-16-10-14(7-2,8-3)19-5/h16H,6-10H2,1-5H3. The molecule has 0 radical (unpaired) electrons. The van der Waals surface area contributed by atoms with E-state index in [1.54, 1.807) is 0 Å². The van der Waals surface area contributed by atoms with Gasteiger partial charge in [-0.05, 0) is 41.4 Å². The van der Waals surface area contributed by atoms with E-state index in [1.807, 2.05) is 23.5 Å². The van der Waals surface area contributed by atoms with Crippen molar-refractivity contribution in [2.75, 3.05) is 12.8 Å². The van der Waals surface area contributed by atoms with Gasteiger partial charge in [-0.3, -0.25) is 4.68 Å². The van der Waals surface area contributed by atoms with Crippen molar-refractivity contribution >= 4 is 27.7 Å². The summed E-state index contributed by atoms with van der Waals surface area (Å²) < 4.78 is 3.50. The van der Waals surface area contributed by atoms with Crippen LogP contribution in [0.1, 0.15) is 45.0 Å². The van der Waals surface area contributed by atoms with Crippen LogP contribution in [0.2, 0.25) is 0 Å². The van der Waals surface area contributed by atoms with Gasteiger partial charge in [0, 0.05) is 24.9 Å². The lowest BCUT2D eigenvalue weighted by Crippen LogP contribution is -2.36. The Morgan fingerprint density at radius 3 is 2.37 bits per heavy atom. The van der Waals surface area contributed by atoms with Crippen molar-refractivity contribution in [3.8, 4) is 0 Å². The highest BCUT2D eigenvalue weighted by atomic mass is 79.9. The normalized spacial score (nSPS) is 12.1. The number of thioether (sulfide) groups is 1. The van der Waals surface area contributed by atoms with Gasteiger partial charge in [-0.15, -0.1) is 0 Å². The molecule has 1 rings (SSSR count). The molecule has 0 bridgehead atoms. The van der Waals surface area contributed by atoms with Gasteiger partial charge in [0.25, 0.3) is 0 Å². The van der Waals surface area contributed by atoms with Gasteiger partial charge in [0.15, 0.2) is 0 Å². The van der Waals surface area contributed by atoms with Crippen molar-refractivity contribution in [3.05, 3.63) is 15.9 Å². The molecule has 0 aliphatic carbocycles. The van der Waals surface area contributed by atoms with Crippen LogP contribution in [0.4, 0.5) is 0 Å². The Morgan fingerprint density at radius 2 is 1.95 bits per heavy atom. The number of nitrogens with one attached hydrogen (secondary N) is 1. The second-order valence-electron chi connectivity index (χ2n) is 4.88. The second-order valence-corrected chi connectivity index (χ2v) is 6.95. The van der Waals surface area contributed by atoms with Crippen LogP contribution in [0.5, 0.6) is 0 Å². The SMILES string of the molecule is CCc1nn(C)c(CNCC(CC)(CC)SC)c1Br. The summed E-state index contributed by atoms with van der Waals surface area (Å²) in [6, 6.07) is 0. The highest BCUT2D eigenvalue weighted by molar-refractivity contribution is 9.10. The predicted molar refractivity (Wildman–Crippen MR) is 88.8 cm³/mol.